The van der Waals surface area contributed by atoms with E-state index in [2.05, 4.69) is 0 Å². The third-order valence-electron chi connectivity index (χ3n) is 6.17. The van der Waals surface area contributed by atoms with Gasteiger partial charge in [-0.25, -0.2) is 0 Å². The lowest BCUT2D eigenvalue weighted by atomic mass is 10.1. The Kier molecular flexibility index (Phi) is 8.58. The molecule has 0 aliphatic carbocycles. The minimum Gasteiger partial charge on any atom is -0.464 e. The minimum atomic E-state index is -0.578. The number of nitro benzene ring substituents is 1. The number of halogens is 1. The van der Waals surface area contributed by atoms with Gasteiger partial charge in [-0.05, 0) is 43.5 Å². The topological polar surface area (TPSA) is 106 Å². The highest BCUT2D eigenvalue weighted by molar-refractivity contribution is 6.34. The standard InChI is InChI=1S/C27H28ClN3O6/c1-19-9-11-23(37-19)17-29(15-20-6-3-2-4-7-20)26(32)18-30(16-22-8-5-13-36-22)27(33)24-12-10-21(31(34)35)14-25(24)28/h2-4,6-7,9-12,14,22H,5,8,13,15-18H2,1H3. The second-order valence-electron chi connectivity index (χ2n) is 8.99. The maximum Gasteiger partial charge on any atom is 0.270 e. The molecule has 1 aliphatic heterocycles. The maximum absolute atomic E-state index is 13.6. The predicted octanol–water partition coefficient (Wildman–Crippen LogP) is 5.00. The van der Waals surface area contributed by atoms with Crippen molar-refractivity contribution in [3.05, 3.63) is 98.4 Å². The van der Waals surface area contributed by atoms with E-state index in [4.69, 9.17) is 20.8 Å². The van der Waals surface area contributed by atoms with Crippen molar-refractivity contribution in [1.82, 2.24) is 9.80 Å². The summed E-state index contributed by atoms with van der Waals surface area (Å²) in [4.78, 5) is 40.7. The quantitative estimate of drug-likeness (QED) is 0.272. The number of hydrogen-bond acceptors (Lipinski definition) is 6. The average molecular weight is 526 g/mol. The van der Waals surface area contributed by atoms with Gasteiger partial charge in [-0.2, -0.15) is 0 Å². The number of carbonyl (C=O) groups excluding carboxylic acids is 2. The van der Waals surface area contributed by atoms with Crippen LogP contribution in [0.3, 0.4) is 0 Å². The van der Waals surface area contributed by atoms with E-state index in [0.717, 1.165) is 30.2 Å². The van der Waals surface area contributed by atoms with Gasteiger partial charge in [0.05, 0.1) is 28.2 Å². The lowest BCUT2D eigenvalue weighted by Gasteiger charge is -2.29. The summed E-state index contributed by atoms with van der Waals surface area (Å²) in [5.74, 6) is 0.613. The third-order valence-corrected chi connectivity index (χ3v) is 6.48. The molecule has 1 aliphatic rings. The molecular weight excluding hydrogens is 498 g/mol. The number of non-ortho nitro benzene ring substituents is 1. The molecule has 1 aromatic heterocycles. The van der Waals surface area contributed by atoms with E-state index in [-0.39, 0.29) is 47.9 Å². The highest BCUT2D eigenvalue weighted by atomic mass is 35.5. The van der Waals surface area contributed by atoms with Crippen molar-refractivity contribution >= 4 is 29.1 Å². The Morgan fingerprint density at radius 3 is 2.49 bits per heavy atom. The van der Waals surface area contributed by atoms with E-state index in [1.807, 2.05) is 49.4 Å². The number of ether oxygens (including phenoxy) is 1. The number of aryl methyl sites for hydroxylation is 1. The number of benzene rings is 2. The Bertz CT molecular complexity index is 1260. The van der Waals surface area contributed by atoms with Gasteiger partial charge in [0.2, 0.25) is 5.91 Å². The van der Waals surface area contributed by atoms with Crippen LogP contribution < -0.4 is 0 Å². The molecule has 0 spiro atoms. The molecule has 9 nitrogen and oxygen atoms in total. The number of furan rings is 1. The highest BCUT2D eigenvalue weighted by Crippen LogP contribution is 2.25. The van der Waals surface area contributed by atoms with Gasteiger partial charge in [0, 0.05) is 31.8 Å². The van der Waals surface area contributed by atoms with Gasteiger partial charge >= 0.3 is 0 Å². The summed E-state index contributed by atoms with van der Waals surface area (Å²) < 4.78 is 11.4. The number of rotatable bonds is 10. The second-order valence-corrected chi connectivity index (χ2v) is 9.40. The fourth-order valence-electron chi connectivity index (χ4n) is 4.27. The lowest BCUT2D eigenvalue weighted by Crippen LogP contribution is -2.45. The fourth-order valence-corrected chi connectivity index (χ4v) is 4.53. The van der Waals surface area contributed by atoms with Crippen LogP contribution in [0.2, 0.25) is 5.02 Å². The summed E-state index contributed by atoms with van der Waals surface area (Å²) >= 11 is 6.25. The molecule has 2 heterocycles. The van der Waals surface area contributed by atoms with E-state index < -0.39 is 10.8 Å². The van der Waals surface area contributed by atoms with Crippen molar-refractivity contribution in [3.63, 3.8) is 0 Å². The van der Waals surface area contributed by atoms with Gasteiger partial charge in [0.1, 0.15) is 18.1 Å². The zero-order valence-corrected chi connectivity index (χ0v) is 21.2. The molecule has 0 radical (unpaired) electrons. The van der Waals surface area contributed by atoms with Crippen LogP contribution in [0.15, 0.2) is 65.1 Å². The first-order valence-electron chi connectivity index (χ1n) is 12.0. The third kappa shape index (κ3) is 6.96. The lowest BCUT2D eigenvalue weighted by molar-refractivity contribution is -0.384. The minimum absolute atomic E-state index is 0.0452. The van der Waals surface area contributed by atoms with Crippen molar-refractivity contribution in [3.8, 4) is 0 Å². The molecule has 2 aromatic carbocycles. The fraction of sp³-hybridized carbons (Fsp3) is 0.333. The van der Waals surface area contributed by atoms with Gasteiger partial charge in [0.25, 0.3) is 11.6 Å². The summed E-state index contributed by atoms with van der Waals surface area (Å²) in [6.07, 6.45) is 1.44. The van der Waals surface area contributed by atoms with Gasteiger partial charge in [-0.15, -0.1) is 0 Å². The van der Waals surface area contributed by atoms with E-state index >= 15 is 0 Å². The first kappa shape index (κ1) is 26.4. The molecule has 0 saturated carbocycles. The summed E-state index contributed by atoms with van der Waals surface area (Å²) in [5, 5.41) is 11.1. The normalized spacial score (nSPS) is 14.9. The molecule has 3 aromatic rings. The molecule has 1 unspecified atom stereocenters. The Hall–Kier alpha value is -3.69. The average Bonchev–Trinajstić information content (AvgIpc) is 3.54. The number of nitrogens with zero attached hydrogens (tertiary/aromatic N) is 3. The molecule has 37 heavy (non-hydrogen) atoms. The molecule has 1 fully saturated rings. The van der Waals surface area contributed by atoms with Crippen LogP contribution >= 0.6 is 11.6 Å². The Labute approximate surface area is 219 Å². The number of hydrogen-bond donors (Lipinski definition) is 0. The van der Waals surface area contributed by atoms with Crippen molar-refractivity contribution in [1.29, 1.82) is 0 Å². The van der Waals surface area contributed by atoms with Crippen molar-refractivity contribution < 1.29 is 23.7 Å². The smallest absolute Gasteiger partial charge is 0.270 e. The second kappa shape index (κ2) is 12.0. The molecule has 10 heteroatoms. The monoisotopic (exact) mass is 525 g/mol. The first-order valence-corrected chi connectivity index (χ1v) is 12.4. The van der Waals surface area contributed by atoms with Gasteiger partial charge in [-0.3, -0.25) is 19.7 Å². The van der Waals surface area contributed by atoms with Crippen LogP contribution in [0.4, 0.5) is 5.69 Å². The van der Waals surface area contributed by atoms with Crippen LogP contribution in [0.25, 0.3) is 0 Å². The Morgan fingerprint density at radius 2 is 1.86 bits per heavy atom. The zero-order chi connectivity index (χ0) is 26.4. The largest absolute Gasteiger partial charge is 0.464 e. The van der Waals surface area contributed by atoms with Gasteiger partial charge < -0.3 is 19.0 Å². The van der Waals surface area contributed by atoms with Gasteiger partial charge in [0.15, 0.2) is 0 Å². The summed E-state index contributed by atoms with van der Waals surface area (Å²) in [7, 11) is 0. The molecule has 0 bridgehead atoms. The van der Waals surface area contributed by atoms with Crippen molar-refractivity contribution in [2.24, 2.45) is 0 Å². The Balaban J connectivity index is 1.58. The number of nitro groups is 1. The van der Waals surface area contributed by atoms with Crippen LogP contribution in [0, 0.1) is 17.0 Å². The highest BCUT2D eigenvalue weighted by Gasteiger charge is 2.29. The number of amides is 2. The van der Waals surface area contributed by atoms with Crippen LogP contribution in [0.1, 0.15) is 40.3 Å². The van der Waals surface area contributed by atoms with Gasteiger partial charge in [-0.1, -0.05) is 41.9 Å². The SMILES string of the molecule is Cc1ccc(CN(Cc2ccccc2)C(=O)CN(CC2CCCO2)C(=O)c2ccc([N+](=O)[O-])cc2Cl)o1. The molecule has 1 saturated heterocycles. The summed E-state index contributed by atoms with van der Waals surface area (Å²) in [6.45, 7) is 3.00. The predicted molar refractivity (Wildman–Crippen MR) is 137 cm³/mol. The molecule has 0 N–H and O–H groups in total. The molecule has 194 valence electrons. The van der Waals surface area contributed by atoms with Crippen molar-refractivity contribution in [2.75, 3.05) is 19.7 Å². The molecule has 1 atom stereocenters. The van der Waals surface area contributed by atoms with Crippen molar-refractivity contribution in [2.45, 2.75) is 39.0 Å². The Morgan fingerprint density at radius 1 is 1.08 bits per heavy atom. The van der Waals surface area contributed by atoms with E-state index in [1.54, 1.807) is 4.90 Å². The molecule has 2 amide bonds. The van der Waals surface area contributed by atoms with Crippen LogP contribution in [-0.4, -0.2) is 52.3 Å². The van der Waals surface area contributed by atoms with E-state index in [9.17, 15) is 19.7 Å². The molecular formula is C27H28ClN3O6. The van der Waals surface area contributed by atoms with Crippen LogP contribution in [-0.2, 0) is 22.6 Å². The van der Waals surface area contributed by atoms with Crippen LogP contribution in [0.5, 0.6) is 0 Å². The zero-order valence-electron chi connectivity index (χ0n) is 20.5. The van der Waals surface area contributed by atoms with E-state index in [1.165, 1.54) is 17.0 Å². The summed E-state index contributed by atoms with van der Waals surface area (Å²) in [5.41, 5.74) is 0.815. The molecule has 4 rings (SSSR count). The number of carbonyl (C=O) groups is 2. The maximum atomic E-state index is 13.6. The summed E-state index contributed by atoms with van der Waals surface area (Å²) in [6, 6.07) is 16.9. The first-order chi connectivity index (χ1) is 17.8. The van der Waals surface area contributed by atoms with E-state index in [0.29, 0.717) is 18.9 Å².